The molecule has 2 rings (SSSR count). The number of hydrogen-bond donors (Lipinski definition) is 0. The Hall–Kier alpha value is -1.11. The third-order valence-electron chi connectivity index (χ3n) is 4.23. The molecule has 1 aromatic carbocycles. The van der Waals surface area contributed by atoms with Crippen molar-refractivity contribution in [1.82, 2.24) is 0 Å². The summed E-state index contributed by atoms with van der Waals surface area (Å²) < 4.78 is 0. The Kier molecular flexibility index (Phi) is 3.37. The van der Waals surface area contributed by atoms with Crippen LogP contribution >= 0.6 is 0 Å². The standard InChI is InChI=1S/C16H22O/c1-5-13-7-6-8-14-10(2)9-15(12(4)17)11(3)16(13)14/h9,13H,5-8H2,1-4H3. The first-order chi connectivity index (χ1) is 8.06. The Labute approximate surface area is 104 Å². The van der Waals surface area contributed by atoms with Gasteiger partial charge in [-0.25, -0.2) is 0 Å². The molecule has 0 aromatic heterocycles. The van der Waals surface area contributed by atoms with E-state index in [2.05, 4.69) is 26.8 Å². The van der Waals surface area contributed by atoms with Crippen LogP contribution in [-0.2, 0) is 6.42 Å². The summed E-state index contributed by atoms with van der Waals surface area (Å²) in [6, 6.07) is 2.09. The molecule has 0 saturated heterocycles. The van der Waals surface area contributed by atoms with E-state index in [4.69, 9.17) is 0 Å². The van der Waals surface area contributed by atoms with Crippen LogP contribution in [0.2, 0.25) is 0 Å². The second-order valence-corrected chi connectivity index (χ2v) is 5.31. The molecule has 17 heavy (non-hydrogen) atoms. The van der Waals surface area contributed by atoms with Crippen molar-refractivity contribution in [3.05, 3.63) is 33.9 Å². The van der Waals surface area contributed by atoms with Crippen molar-refractivity contribution < 1.29 is 4.79 Å². The Morgan fingerprint density at radius 2 is 2.12 bits per heavy atom. The van der Waals surface area contributed by atoms with Gasteiger partial charge in [0.2, 0.25) is 0 Å². The molecule has 0 fully saturated rings. The summed E-state index contributed by atoms with van der Waals surface area (Å²) in [6.07, 6.45) is 4.96. The van der Waals surface area contributed by atoms with Gasteiger partial charge in [0.1, 0.15) is 0 Å². The summed E-state index contributed by atoms with van der Waals surface area (Å²) in [5.74, 6) is 0.866. The summed E-state index contributed by atoms with van der Waals surface area (Å²) in [6.45, 7) is 8.22. The Bertz CT molecular complexity index is 457. The summed E-state index contributed by atoms with van der Waals surface area (Å²) >= 11 is 0. The number of rotatable bonds is 2. The molecule has 1 aliphatic rings. The molecular formula is C16H22O. The fraction of sp³-hybridized carbons (Fsp3) is 0.562. The van der Waals surface area contributed by atoms with Crippen LogP contribution in [0, 0.1) is 13.8 Å². The van der Waals surface area contributed by atoms with Gasteiger partial charge >= 0.3 is 0 Å². The molecule has 1 unspecified atom stereocenters. The number of hydrogen-bond acceptors (Lipinski definition) is 1. The van der Waals surface area contributed by atoms with Gasteiger partial charge in [0.05, 0.1) is 0 Å². The molecule has 0 spiro atoms. The molecule has 0 aliphatic heterocycles. The van der Waals surface area contributed by atoms with Gasteiger partial charge in [0.15, 0.2) is 5.78 Å². The summed E-state index contributed by atoms with van der Waals surface area (Å²) in [5.41, 5.74) is 6.50. The zero-order chi connectivity index (χ0) is 12.6. The number of benzene rings is 1. The fourth-order valence-electron chi connectivity index (χ4n) is 3.32. The minimum atomic E-state index is 0.203. The van der Waals surface area contributed by atoms with Crippen LogP contribution in [-0.4, -0.2) is 5.78 Å². The van der Waals surface area contributed by atoms with Gasteiger partial charge in [-0.2, -0.15) is 0 Å². The maximum atomic E-state index is 11.7. The van der Waals surface area contributed by atoms with E-state index < -0.39 is 0 Å². The molecule has 1 atom stereocenters. The number of carbonyl (C=O) groups excluding carboxylic acids is 1. The second-order valence-electron chi connectivity index (χ2n) is 5.31. The Balaban J connectivity index is 2.67. The number of fused-ring (bicyclic) bond motifs is 1. The van der Waals surface area contributed by atoms with Crippen LogP contribution in [0.4, 0.5) is 0 Å². The van der Waals surface area contributed by atoms with Crippen molar-refractivity contribution in [1.29, 1.82) is 0 Å². The molecular weight excluding hydrogens is 208 g/mol. The number of aryl methyl sites for hydroxylation is 1. The highest BCUT2D eigenvalue weighted by Crippen LogP contribution is 2.38. The van der Waals surface area contributed by atoms with Crippen LogP contribution in [0.25, 0.3) is 0 Å². The SMILES string of the molecule is CCC1CCCc2c(C)cc(C(C)=O)c(C)c21. The van der Waals surface area contributed by atoms with Gasteiger partial charge in [-0.3, -0.25) is 4.79 Å². The smallest absolute Gasteiger partial charge is 0.160 e. The fourth-order valence-corrected chi connectivity index (χ4v) is 3.32. The minimum absolute atomic E-state index is 0.203. The third-order valence-corrected chi connectivity index (χ3v) is 4.23. The minimum Gasteiger partial charge on any atom is -0.295 e. The lowest BCUT2D eigenvalue weighted by Crippen LogP contribution is -2.15. The lowest BCUT2D eigenvalue weighted by atomic mass is 9.76. The van der Waals surface area contributed by atoms with Gasteiger partial charge in [-0.05, 0) is 80.7 Å². The van der Waals surface area contributed by atoms with Crippen LogP contribution in [0.15, 0.2) is 6.07 Å². The quantitative estimate of drug-likeness (QED) is 0.691. The van der Waals surface area contributed by atoms with E-state index in [0.29, 0.717) is 5.92 Å². The van der Waals surface area contributed by atoms with Crippen molar-refractivity contribution >= 4 is 5.78 Å². The van der Waals surface area contributed by atoms with E-state index in [1.165, 1.54) is 47.9 Å². The second kappa shape index (κ2) is 4.64. The van der Waals surface area contributed by atoms with E-state index in [1.54, 1.807) is 6.92 Å². The average Bonchev–Trinajstić information content (AvgIpc) is 2.32. The predicted molar refractivity (Wildman–Crippen MR) is 71.9 cm³/mol. The van der Waals surface area contributed by atoms with E-state index in [1.807, 2.05) is 0 Å². The molecule has 0 saturated carbocycles. The predicted octanol–water partition coefficient (Wildman–Crippen LogP) is 4.34. The van der Waals surface area contributed by atoms with Crippen LogP contribution in [0.5, 0.6) is 0 Å². The molecule has 0 radical (unpaired) electrons. The molecule has 92 valence electrons. The highest BCUT2D eigenvalue weighted by atomic mass is 16.1. The first kappa shape index (κ1) is 12.3. The van der Waals surface area contributed by atoms with Gasteiger partial charge < -0.3 is 0 Å². The zero-order valence-electron chi connectivity index (χ0n) is 11.4. The maximum Gasteiger partial charge on any atom is 0.160 e. The molecule has 1 heteroatoms. The van der Waals surface area contributed by atoms with E-state index in [-0.39, 0.29) is 5.78 Å². The molecule has 1 aromatic rings. The topological polar surface area (TPSA) is 17.1 Å². The number of ketones is 1. The van der Waals surface area contributed by atoms with Crippen molar-refractivity contribution in [3.8, 4) is 0 Å². The zero-order valence-corrected chi connectivity index (χ0v) is 11.4. The van der Waals surface area contributed by atoms with Gasteiger partial charge in [0, 0.05) is 5.56 Å². The molecule has 0 amide bonds. The van der Waals surface area contributed by atoms with Crippen LogP contribution in [0.3, 0.4) is 0 Å². The average molecular weight is 230 g/mol. The normalized spacial score (nSPS) is 18.9. The molecule has 0 heterocycles. The van der Waals surface area contributed by atoms with E-state index in [0.717, 1.165) is 5.56 Å². The van der Waals surface area contributed by atoms with Crippen molar-refractivity contribution in [2.75, 3.05) is 0 Å². The van der Waals surface area contributed by atoms with Crippen molar-refractivity contribution in [3.63, 3.8) is 0 Å². The third kappa shape index (κ3) is 2.03. The summed E-state index contributed by atoms with van der Waals surface area (Å²) in [4.78, 5) is 11.7. The van der Waals surface area contributed by atoms with E-state index >= 15 is 0 Å². The van der Waals surface area contributed by atoms with Crippen LogP contribution < -0.4 is 0 Å². The molecule has 0 bridgehead atoms. The first-order valence-corrected chi connectivity index (χ1v) is 6.70. The van der Waals surface area contributed by atoms with Gasteiger partial charge in [-0.1, -0.05) is 6.92 Å². The Morgan fingerprint density at radius 3 is 2.71 bits per heavy atom. The largest absolute Gasteiger partial charge is 0.295 e. The lowest BCUT2D eigenvalue weighted by molar-refractivity contribution is 0.101. The number of carbonyl (C=O) groups is 1. The van der Waals surface area contributed by atoms with Gasteiger partial charge in [0.25, 0.3) is 0 Å². The van der Waals surface area contributed by atoms with Gasteiger partial charge in [-0.15, -0.1) is 0 Å². The highest BCUT2D eigenvalue weighted by Gasteiger charge is 2.24. The molecule has 1 nitrogen and oxygen atoms in total. The maximum absolute atomic E-state index is 11.7. The van der Waals surface area contributed by atoms with E-state index in [9.17, 15) is 4.79 Å². The first-order valence-electron chi connectivity index (χ1n) is 6.70. The molecule has 0 N–H and O–H groups in total. The van der Waals surface area contributed by atoms with Crippen molar-refractivity contribution in [2.45, 2.75) is 59.3 Å². The Morgan fingerprint density at radius 1 is 1.41 bits per heavy atom. The highest BCUT2D eigenvalue weighted by molar-refractivity contribution is 5.96. The van der Waals surface area contributed by atoms with Crippen molar-refractivity contribution in [2.24, 2.45) is 0 Å². The molecule has 1 aliphatic carbocycles. The summed E-state index contributed by atoms with van der Waals surface area (Å²) in [7, 11) is 0. The number of Topliss-reactive ketones (excluding diaryl/α,β-unsaturated/α-hetero) is 1. The lowest BCUT2D eigenvalue weighted by Gasteiger charge is -2.29. The monoisotopic (exact) mass is 230 g/mol. The summed E-state index contributed by atoms with van der Waals surface area (Å²) in [5, 5.41) is 0. The van der Waals surface area contributed by atoms with Crippen LogP contribution in [0.1, 0.15) is 71.6 Å².